The molecule has 2 aromatic rings. The number of rotatable bonds is 5. The molecule has 1 unspecified atom stereocenters. The summed E-state index contributed by atoms with van der Waals surface area (Å²) in [7, 11) is 3.29. The number of ether oxygens (including phenoxy) is 1. The summed E-state index contributed by atoms with van der Waals surface area (Å²) in [5.41, 5.74) is 2.61. The number of urea groups is 1. The van der Waals surface area contributed by atoms with Crippen LogP contribution in [0.4, 0.5) is 10.5 Å². The quantitative estimate of drug-likeness (QED) is 0.891. The lowest BCUT2D eigenvalue weighted by Crippen LogP contribution is -2.40. The third-order valence-corrected chi connectivity index (χ3v) is 3.78. The van der Waals surface area contributed by atoms with Crippen LogP contribution < -0.4 is 10.1 Å². The van der Waals surface area contributed by atoms with Crippen LogP contribution in [0.2, 0.25) is 0 Å². The van der Waals surface area contributed by atoms with E-state index in [1.807, 2.05) is 48.5 Å². The lowest BCUT2D eigenvalue weighted by Gasteiger charge is -2.23. The van der Waals surface area contributed by atoms with E-state index in [9.17, 15) is 4.79 Å². The summed E-state index contributed by atoms with van der Waals surface area (Å²) >= 11 is 0. The fraction of sp³-hybridized carbons (Fsp3) is 0.278. The number of carbonyl (C=O) groups is 1. The lowest BCUT2D eigenvalue weighted by atomic mass is 10.0. The average Bonchev–Trinajstić information content (AvgIpc) is 2.60. The number of amides is 2. The Morgan fingerprint density at radius 3 is 2.70 bits per heavy atom. The van der Waals surface area contributed by atoms with Gasteiger partial charge in [-0.1, -0.05) is 30.3 Å². The minimum Gasteiger partial charge on any atom is -0.496 e. The highest BCUT2D eigenvalue weighted by Gasteiger charge is 2.15. The molecule has 0 aliphatic heterocycles. The van der Waals surface area contributed by atoms with Gasteiger partial charge in [0.1, 0.15) is 5.75 Å². The molecule has 0 saturated heterocycles. The molecule has 0 heterocycles. The highest BCUT2D eigenvalue weighted by atomic mass is 16.5. The summed E-state index contributed by atoms with van der Waals surface area (Å²) in [6.07, 6.45) is 0. The zero-order valence-electron chi connectivity index (χ0n) is 13.6. The third-order valence-electron chi connectivity index (χ3n) is 3.78. The smallest absolute Gasteiger partial charge is 0.321 e. The van der Waals surface area contributed by atoms with E-state index in [-0.39, 0.29) is 18.7 Å². The Morgan fingerprint density at radius 2 is 2.00 bits per heavy atom. The van der Waals surface area contributed by atoms with Gasteiger partial charge in [-0.05, 0) is 30.7 Å². The standard InChI is InChI=1S/C18H22N2O3/c1-13(12-21)20(2)18(22)19-15-8-6-7-14(11-15)16-9-4-5-10-17(16)23-3/h4-11,13,21H,12H2,1-3H3,(H,19,22). The van der Waals surface area contributed by atoms with Crippen molar-refractivity contribution in [3.8, 4) is 16.9 Å². The Kier molecular flexibility index (Phi) is 5.60. The lowest BCUT2D eigenvalue weighted by molar-refractivity contribution is 0.166. The van der Waals surface area contributed by atoms with Crippen LogP contribution in [0.3, 0.4) is 0 Å². The SMILES string of the molecule is COc1ccccc1-c1cccc(NC(=O)N(C)C(C)CO)c1. The van der Waals surface area contributed by atoms with Crippen molar-refractivity contribution in [3.05, 3.63) is 48.5 Å². The van der Waals surface area contributed by atoms with Crippen molar-refractivity contribution in [2.75, 3.05) is 26.1 Å². The number of hydrogen-bond acceptors (Lipinski definition) is 3. The number of carbonyl (C=O) groups excluding carboxylic acids is 1. The van der Waals surface area contributed by atoms with Crippen LogP contribution in [0.5, 0.6) is 5.75 Å². The minimum atomic E-state index is -0.260. The van der Waals surface area contributed by atoms with Crippen molar-refractivity contribution in [2.24, 2.45) is 0 Å². The first kappa shape index (κ1) is 16.8. The van der Waals surface area contributed by atoms with Crippen molar-refractivity contribution in [1.82, 2.24) is 4.90 Å². The highest BCUT2D eigenvalue weighted by Crippen LogP contribution is 2.31. The molecule has 0 aliphatic rings. The molecule has 1 atom stereocenters. The van der Waals surface area contributed by atoms with Crippen LogP contribution in [0.25, 0.3) is 11.1 Å². The Hall–Kier alpha value is -2.53. The van der Waals surface area contributed by atoms with E-state index in [0.717, 1.165) is 16.9 Å². The van der Waals surface area contributed by atoms with Gasteiger partial charge in [0, 0.05) is 18.3 Å². The van der Waals surface area contributed by atoms with Gasteiger partial charge in [0.05, 0.1) is 19.8 Å². The number of para-hydroxylation sites is 1. The van der Waals surface area contributed by atoms with Crippen LogP contribution in [-0.2, 0) is 0 Å². The second-order valence-electron chi connectivity index (χ2n) is 5.35. The van der Waals surface area contributed by atoms with Crippen molar-refractivity contribution in [3.63, 3.8) is 0 Å². The molecular weight excluding hydrogens is 292 g/mol. The van der Waals surface area contributed by atoms with Gasteiger partial charge in [0.15, 0.2) is 0 Å². The number of aliphatic hydroxyl groups is 1. The summed E-state index contributed by atoms with van der Waals surface area (Å²) in [6, 6.07) is 14.8. The maximum absolute atomic E-state index is 12.2. The van der Waals surface area contributed by atoms with Crippen LogP contribution in [0, 0.1) is 0 Å². The van der Waals surface area contributed by atoms with E-state index in [0.29, 0.717) is 5.69 Å². The number of hydrogen-bond donors (Lipinski definition) is 2. The zero-order valence-corrected chi connectivity index (χ0v) is 13.6. The summed E-state index contributed by atoms with van der Waals surface area (Å²) in [5, 5.41) is 12.0. The molecule has 0 fully saturated rings. The van der Waals surface area contributed by atoms with Gasteiger partial charge in [-0.2, -0.15) is 0 Å². The minimum absolute atomic E-state index is 0.0782. The number of benzene rings is 2. The van der Waals surface area contributed by atoms with Gasteiger partial charge in [-0.15, -0.1) is 0 Å². The first-order chi connectivity index (χ1) is 11.1. The zero-order chi connectivity index (χ0) is 16.8. The van der Waals surface area contributed by atoms with Gasteiger partial charge < -0.3 is 20.1 Å². The number of aliphatic hydroxyl groups excluding tert-OH is 1. The third kappa shape index (κ3) is 4.02. The van der Waals surface area contributed by atoms with Gasteiger partial charge in [-0.25, -0.2) is 4.79 Å². The largest absolute Gasteiger partial charge is 0.496 e. The molecule has 2 aromatic carbocycles. The Balaban J connectivity index is 2.22. The van der Waals surface area contributed by atoms with E-state index in [1.165, 1.54) is 4.90 Å². The Labute approximate surface area is 136 Å². The summed E-state index contributed by atoms with van der Waals surface area (Å²) < 4.78 is 5.38. The fourth-order valence-electron chi connectivity index (χ4n) is 2.18. The van der Waals surface area contributed by atoms with Crippen molar-refractivity contribution < 1.29 is 14.6 Å². The predicted octanol–water partition coefficient (Wildman–Crippen LogP) is 3.21. The first-order valence-corrected chi connectivity index (χ1v) is 7.45. The molecule has 2 amide bonds. The number of nitrogens with one attached hydrogen (secondary N) is 1. The average molecular weight is 314 g/mol. The maximum Gasteiger partial charge on any atom is 0.321 e. The number of likely N-dealkylation sites (N-methyl/N-ethyl adjacent to an activating group) is 1. The molecule has 0 spiro atoms. The van der Waals surface area contributed by atoms with Gasteiger partial charge in [-0.3, -0.25) is 0 Å². The van der Waals surface area contributed by atoms with E-state index in [4.69, 9.17) is 9.84 Å². The van der Waals surface area contributed by atoms with Gasteiger partial charge in [0.25, 0.3) is 0 Å². The van der Waals surface area contributed by atoms with Crippen LogP contribution in [0.15, 0.2) is 48.5 Å². The normalized spacial score (nSPS) is 11.7. The molecule has 5 nitrogen and oxygen atoms in total. The van der Waals surface area contributed by atoms with Crippen LogP contribution >= 0.6 is 0 Å². The van der Waals surface area contributed by atoms with E-state index >= 15 is 0 Å². The summed E-state index contributed by atoms with van der Waals surface area (Å²) in [6.45, 7) is 1.70. The van der Waals surface area contributed by atoms with Gasteiger partial charge >= 0.3 is 6.03 Å². The molecule has 5 heteroatoms. The Bertz CT molecular complexity index is 673. The molecule has 2 rings (SSSR count). The van der Waals surface area contributed by atoms with Crippen molar-refractivity contribution in [2.45, 2.75) is 13.0 Å². The van der Waals surface area contributed by atoms with Gasteiger partial charge in [0.2, 0.25) is 0 Å². The molecule has 0 bridgehead atoms. The monoisotopic (exact) mass is 314 g/mol. The molecule has 0 aromatic heterocycles. The molecular formula is C18H22N2O3. The fourth-order valence-corrected chi connectivity index (χ4v) is 2.18. The summed E-state index contributed by atoms with van der Waals surface area (Å²) in [4.78, 5) is 13.6. The molecule has 0 radical (unpaired) electrons. The van der Waals surface area contributed by atoms with E-state index in [2.05, 4.69) is 5.32 Å². The van der Waals surface area contributed by atoms with Crippen LogP contribution in [0.1, 0.15) is 6.92 Å². The molecule has 2 N–H and O–H groups in total. The van der Waals surface area contributed by atoms with E-state index < -0.39 is 0 Å². The summed E-state index contributed by atoms with van der Waals surface area (Å²) in [5.74, 6) is 0.780. The number of methoxy groups -OCH3 is 1. The molecule has 0 saturated carbocycles. The topological polar surface area (TPSA) is 61.8 Å². The van der Waals surface area contributed by atoms with Crippen LogP contribution in [-0.4, -0.2) is 42.8 Å². The van der Waals surface area contributed by atoms with Crippen molar-refractivity contribution in [1.29, 1.82) is 0 Å². The maximum atomic E-state index is 12.2. The van der Waals surface area contributed by atoms with Crippen molar-refractivity contribution >= 4 is 11.7 Å². The highest BCUT2D eigenvalue weighted by molar-refractivity contribution is 5.90. The molecule has 122 valence electrons. The molecule has 23 heavy (non-hydrogen) atoms. The molecule has 0 aliphatic carbocycles. The number of anilines is 1. The second kappa shape index (κ2) is 7.65. The van der Waals surface area contributed by atoms with E-state index in [1.54, 1.807) is 21.1 Å². The second-order valence-corrected chi connectivity index (χ2v) is 5.35. The Morgan fingerprint density at radius 1 is 1.26 bits per heavy atom. The predicted molar refractivity (Wildman–Crippen MR) is 91.8 cm³/mol. The first-order valence-electron chi connectivity index (χ1n) is 7.45. The number of nitrogens with zero attached hydrogens (tertiary/aromatic N) is 1.